The second-order valence-electron chi connectivity index (χ2n) is 5.87. The zero-order valence-corrected chi connectivity index (χ0v) is 12.9. The number of carbonyl (C=O) groups excluding carboxylic acids is 1. The summed E-state index contributed by atoms with van der Waals surface area (Å²) in [7, 11) is -4.21. The Hall–Kier alpha value is -1.47. The molecule has 1 aromatic rings. The van der Waals surface area contributed by atoms with Crippen molar-refractivity contribution in [3.8, 4) is 0 Å². The predicted octanol–water partition coefficient (Wildman–Crippen LogP) is 1.84. The van der Waals surface area contributed by atoms with Crippen molar-refractivity contribution in [2.24, 2.45) is 5.14 Å². The molecular weight excluding hydrogens is 295 g/mol. The Kier molecular flexibility index (Phi) is 4.08. The summed E-state index contributed by atoms with van der Waals surface area (Å²) in [4.78, 5) is 11.6. The number of sulfonamides is 1. The first kappa shape index (κ1) is 15.9. The van der Waals surface area contributed by atoms with Crippen molar-refractivity contribution in [1.82, 2.24) is 5.32 Å². The molecule has 1 amide bonds. The monoisotopic (exact) mass is 314 g/mol. The molecule has 5 nitrogen and oxygen atoms in total. The lowest BCUT2D eigenvalue weighted by molar-refractivity contribution is 0.0907. The van der Waals surface area contributed by atoms with Gasteiger partial charge in [0.25, 0.3) is 5.91 Å². The van der Waals surface area contributed by atoms with Crippen molar-refractivity contribution in [3.63, 3.8) is 0 Å². The molecule has 1 saturated carbocycles. The fraction of sp³-hybridized carbons (Fsp3) is 0.500. The van der Waals surface area contributed by atoms with Gasteiger partial charge in [0.2, 0.25) is 10.0 Å². The average Bonchev–Trinajstić information content (AvgIpc) is 2.77. The van der Waals surface area contributed by atoms with E-state index < -0.39 is 26.6 Å². The third-order valence-corrected chi connectivity index (χ3v) is 4.82. The van der Waals surface area contributed by atoms with Gasteiger partial charge in [0.05, 0.1) is 0 Å². The number of halogens is 1. The first-order chi connectivity index (χ1) is 9.62. The third kappa shape index (κ3) is 3.41. The largest absolute Gasteiger partial charge is 0.347 e. The van der Waals surface area contributed by atoms with Gasteiger partial charge >= 0.3 is 0 Å². The molecule has 2 rings (SSSR count). The van der Waals surface area contributed by atoms with E-state index in [-0.39, 0.29) is 16.7 Å². The number of amides is 1. The minimum Gasteiger partial charge on any atom is -0.347 e. The summed E-state index contributed by atoms with van der Waals surface area (Å²) in [5.41, 5.74) is -0.115. The van der Waals surface area contributed by atoms with Crippen LogP contribution in [0, 0.1) is 12.7 Å². The average molecular weight is 314 g/mol. The number of benzene rings is 1. The van der Waals surface area contributed by atoms with Crippen LogP contribution in [0.15, 0.2) is 17.0 Å². The summed E-state index contributed by atoms with van der Waals surface area (Å²) in [5.74, 6) is -1.33. The molecule has 0 aliphatic heterocycles. The van der Waals surface area contributed by atoms with Gasteiger partial charge in [-0.15, -0.1) is 0 Å². The SMILES string of the molecule is Cc1cc(C(=O)NC2(C)CCCC2)cc(S(N)(=O)=O)c1F. The van der Waals surface area contributed by atoms with Crippen LogP contribution in [0.25, 0.3) is 0 Å². The quantitative estimate of drug-likeness (QED) is 0.892. The van der Waals surface area contributed by atoms with Crippen LogP contribution in [0.2, 0.25) is 0 Å². The van der Waals surface area contributed by atoms with Crippen molar-refractivity contribution in [3.05, 3.63) is 29.1 Å². The van der Waals surface area contributed by atoms with Crippen molar-refractivity contribution in [2.45, 2.75) is 50.0 Å². The van der Waals surface area contributed by atoms with Gasteiger partial charge in [-0.2, -0.15) is 0 Å². The Morgan fingerprint density at radius 1 is 1.33 bits per heavy atom. The number of hydrogen-bond donors (Lipinski definition) is 2. The maximum Gasteiger partial charge on any atom is 0.251 e. The van der Waals surface area contributed by atoms with Gasteiger partial charge < -0.3 is 5.32 Å². The topological polar surface area (TPSA) is 89.3 Å². The number of primary sulfonamides is 1. The summed E-state index contributed by atoms with van der Waals surface area (Å²) in [6, 6.07) is 2.32. The smallest absolute Gasteiger partial charge is 0.251 e. The van der Waals surface area contributed by atoms with Crippen molar-refractivity contribution in [1.29, 1.82) is 0 Å². The van der Waals surface area contributed by atoms with E-state index in [1.54, 1.807) is 0 Å². The summed E-state index contributed by atoms with van der Waals surface area (Å²) in [6.07, 6.45) is 3.84. The Labute approximate surface area is 123 Å². The molecule has 21 heavy (non-hydrogen) atoms. The molecule has 1 fully saturated rings. The number of carbonyl (C=O) groups is 1. The van der Waals surface area contributed by atoms with Gasteiger partial charge in [-0.1, -0.05) is 12.8 Å². The summed E-state index contributed by atoms with van der Waals surface area (Å²) >= 11 is 0. The number of aryl methyl sites for hydroxylation is 1. The van der Waals surface area contributed by atoms with E-state index in [2.05, 4.69) is 5.32 Å². The first-order valence-corrected chi connectivity index (χ1v) is 8.32. The number of nitrogens with one attached hydrogen (secondary N) is 1. The molecule has 1 aliphatic rings. The molecule has 0 radical (unpaired) electrons. The Balaban J connectivity index is 2.36. The van der Waals surface area contributed by atoms with Crippen molar-refractivity contribution in [2.75, 3.05) is 0 Å². The molecule has 0 heterocycles. The number of nitrogens with two attached hydrogens (primary N) is 1. The van der Waals surface area contributed by atoms with Gasteiger partial charge in [-0.25, -0.2) is 17.9 Å². The predicted molar refractivity (Wildman–Crippen MR) is 76.8 cm³/mol. The van der Waals surface area contributed by atoms with Gasteiger partial charge in [0.1, 0.15) is 10.7 Å². The van der Waals surface area contributed by atoms with Crippen LogP contribution >= 0.6 is 0 Å². The lowest BCUT2D eigenvalue weighted by Crippen LogP contribution is -2.43. The van der Waals surface area contributed by atoms with Crippen LogP contribution in [0.5, 0.6) is 0 Å². The molecule has 0 saturated heterocycles. The van der Waals surface area contributed by atoms with Crippen LogP contribution in [-0.2, 0) is 10.0 Å². The molecule has 1 aromatic carbocycles. The molecule has 3 N–H and O–H groups in total. The molecule has 0 atom stereocenters. The number of hydrogen-bond acceptors (Lipinski definition) is 3. The summed E-state index contributed by atoms with van der Waals surface area (Å²) < 4.78 is 36.6. The van der Waals surface area contributed by atoms with Crippen LogP contribution < -0.4 is 10.5 Å². The lowest BCUT2D eigenvalue weighted by Gasteiger charge is -2.25. The Bertz CT molecular complexity index is 680. The minimum absolute atomic E-state index is 0.0725. The number of rotatable bonds is 3. The second kappa shape index (κ2) is 5.38. The standard InChI is InChI=1S/C14H19FN2O3S/c1-9-7-10(8-11(12(9)15)21(16,19)20)13(18)17-14(2)5-3-4-6-14/h7-8H,3-6H2,1-2H3,(H,17,18)(H2,16,19,20). The van der Waals surface area contributed by atoms with Gasteiger partial charge in [-0.3, -0.25) is 4.79 Å². The molecule has 0 spiro atoms. The van der Waals surface area contributed by atoms with Crippen LogP contribution in [0.3, 0.4) is 0 Å². The van der Waals surface area contributed by atoms with E-state index in [0.29, 0.717) is 0 Å². The zero-order chi connectivity index (χ0) is 15.8. The molecule has 0 aromatic heterocycles. The van der Waals surface area contributed by atoms with E-state index in [4.69, 9.17) is 5.14 Å². The zero-order valence-electron chi connectivity index (χ0n) is 12.1. The van der Waals surface area contributed by atoms with Gasteiger partial charge in [-0.05, 0) is 44.4 Å². The van der Waals surface area contributed by atoms with Gasteiger partial charge in [0.15, 0.2) is 0 Å². The normalized spacial score (nSPS) is 17.7. The minimum atomic E-state index is -4.21. The van der Waals surface area contributed by atoms with E-state index in [0.717, 1.165) is 31.7 Å². The van der Waals surface area contributed by atoms with Crippen molar-refractivity contribution >= 4 is 15.9 Å². The first-order valence-electron chi connectivity index (χ1n) is 6.78. The van der Waals surface area contributed by atoms with E-state index in [1.807, 2.05) is 6.92 Å². The van der Waals surface area contributed by atoms with Crippen LogP contribution in [-0.4, -0.2) is 19.9 Å². The maximum absolute atomic E-state index is 13.8. The fourth-order valence-corrected chi connectivity index (χ4v) is 3.40. The highest BCUT2D eigenvalue weighted by Gasteiger charge is 2.31. The molecule has 0 unspecified atom stereocenters. The van der Waals surface area contributed by atoms with Gasteiger partial charge in [0, 0.05) is 11.1 Å². The maximum atomic E-state index is 13.8. The van der Waals surface area contributed by atoms with E-state index in [9.17, 15) is 17.6 Å². The fourth-order valence-electron chi connectivity index (χ4n) is 2.70. The van der Waals surface area contributed by atoms with Crippen molar-refractivity contribution < 1.29 is 17.6 Å². The second-order valence-corrected chi connectivity index (χ2v) is 7.40. The van der Waals surface area contributed by atoms with Crippen LogP contribution in [0.1, 0.15) is 48.5 Å². The van der Waals surface area contributed by atoms with Crippen LogP contribution in [0.4, 0.5) is 4.39 Å². The molecule has 116 valence electrons. The molecule has 0 bridgehead atoms. The Morgan fingerprint density at radius 2 is 1.90 bits per heavy atom. The summed E-state index contributed by atoms with van der Waals surface area (Å²) in [6.45, 7) is 3.35. The Morgan fingerprint density at radius 3 is 2.43 bits per heavy atom. The summed E-state index contributed by atoms with van der Waals surface area (Å²) in [5, 5.41) is 7.89. The molecule has 1 aliphatic carbocycles. The third-order valence-electron chi connectivity index (χ3n) is 3.91. The van der Waals surface area contributed by atoms with E-state index >= 15 is 0 Å². The van der Waals surface area contributed by atoms with E-state index in [1.165, 1.54) is 13.0 Å². The highest BCUT2D eigenvalue weighted by molar-refractivity contribution is 7.89. The molecule has 7 heteroatoms. The highest BCUT2D eigenvalue weighted by atomic mass is 32.2. The highest BCUT2D eigenvalue weighted by Crippen LogP contribution is 2.29. The lowest BCUT2D eigenvalue weighted by atomic mass is 9.99. The molecular formula is C14H19FN2O3S.